The van der Waals surface area contributed by atoms with Gasteiger partial charge in [-0.05, 0) is 6.42 Å². The molecule has 3 nitrogen and oxygen atoms in total. The van der Waals surface area contributed by atoms with Crippen molar-refractivity contribution in [2.75, 3.05) is 0 Å². The minimum atomic E-state index is -0.411. The topological polar surface area (TPSA) is 43.4 Å². The first-order valence-corrected chi connectivity index (χ1v) is 3.94. The highest BCUT2D eigenvalue weighted by atomic mass is 16.6. The summed E-state index contributed by atoms with van der Waals surface area (Å²) >= 11 is 0. The summed E-state index contributed by atoms with van der Waals surface area (Å²) in [5.41, 5.74) is 0. The van der Waals surface area contributed by atoms with Crippen molar-refractivity contribution in [3.8, 4) is 0 Å². The summed E-state index contributed by atoms with van der Waals surface area (Å²) in [5.74, 6) is -0.822. The molecule has 0 amide bonds. The molecular formula is C7H13BO3. The maximum atomic E-state index is 10.7. The Bertz CT molecular complexity index is 129. The molecule has 0 aromatic rings. The van der Waals surface area contributed by atoms with Crippen molar-refractivity contribution in [2.45, 2.75) is 32.5 Å². The van der Waals surface area contributed by atoms with E-state index >= 15 is 0 Å². The monoisotopic (exact) mass is 156 g/mol. The van der Waals surface area contributed by atoms with Gasteiger partial charge in [0.2, 0.25) is 0 Å². The molecule has 0 saturated carbocycles. The van der Waals surface area contributed by atoms with Gasteiger partial charge in [0.1, 0.15) is 7.85 Å². The van der Waals surface area contributed by atoms with Gasteiger partial charge in [0.15, 0.2) is 0 Å². The molecule has 0 aromatic heterocycles. The van der Waals surface area contributed by atoms with E-state index in [1.54, 1.807) is 0 Å². The fraction of sp³-hybridized carbons (Fsp3) is 0.714. The second-order valence-corrected chi connectivity index (χ2v) is 2.35. The summed E-state index contributed by atoms with van der Waals surface area (Å²) in [4.78, 5) is 21.4. The lowest BCUT2D eigenvalue weighted by Gasteiger charge is -1.98. The lowest BCUT2D eigenvalue weighted by molar-refractivity contribution is -0.159. The third-order valence-electron chi connectivity index (χ3n) is 1.14. The predicted octanol–water partition coefficient (Wildman–Crippen LogP) is 0.298. The van der Waals surface area contributed by atoms with Crippen LogP contribution in [0, 0.1) is 0 Å². The Balaban J connectivity index is 3.49. The Morgan fingerprint density at radius 1 is 1.27 bits per heavy atom. The molecule has 0 radical (unpaired) electrons. The molecule has 0 spiro atoms. The number of hydrogen-bond acceptors (Lipinski definition) is 3. The SMILES string of the molecule is BCCC(=O)OC(=O)CCC. The largest absolute Gasteiger partial charge is 0.393 e. The van der Waals surface area contributed by atoms with Crippen LogP contribution in [0.25, 0.3) is 0 Å². The van der Waals surface area contributed by atoms with Crippen LogP contribution in [0.15, 0.2) is 0 Å². The van der Waals surface area contributed by atoms with E-state index < -0.39 is 11.9 Å². The van der Waals surface area contributed by atoms with Gasteiger partial charge < -0.3 is 4.74 Å². The molecule has 0 aliphatic carbocycles. The van der Waals surface area contributed by atoms with Gasteiger partial charge >= 0.3 is 11.9 Å². The van der Waals surface area contributed by atoms with E-state index in [0.717, 1.165) is 12.7 Å². The zero-order valence-electron chi connectivity index (χ0n) is 7.05. The summed E-state index contributed by atoms with van der Waals surface area (Å²) in [6.45, 7) is 1.87. The van der Waals surface area contributed by atoms with Gasteiger partial charge in [-0.25, -0.2) is 0 Å². The third-order valence-corrected chi connectivity index (χ3v) is 1.14. The van der Waals surface area contributed by atoms with Gasteiger partial charge in [-0.15, -0.1) is 0 Å². The molecule has 0 rings (SSSR count). The van der Waals surface area contributed by atoms with Crippen LogP contribution in [0.1, 0.15) is 26.2 Å². The molecule has 0 aromatic carbocycles. The van der Waals surface area contributed by atoms with E-state index in [4.69, 9.17) is 0 Å². The molecule has 62 valence electrons. The van der Waals surface area contributed by atoms with Crippen molar-refractivity contribution in [2.24, 2.45) is 0 Å². The summed E-state index contributed by atoms with van der Waals surface area (Å²) in [7, 11) is 1.87. The van der Waals surface area contributed by atoms with Crippen LogP contribution in [0.3, 0.4) is 0 Å². The van der Waals surface area contributed by atoms with E-state index in [-0.39, 0.29) is 0 Å². The maximum absolute atomic E-state index is 10.7. The second kappa shape index (κ2) is 5.95. The summed E-state index contributed by atoms with van der Waals surface area (Å²) in [5, 5.41) is 0. The Kier molecular flexibility index (Phi) is 5.52. The standard InChI is InChI=1S/C7H13BO3/c1-2-3-6(9)11-7(10)4-5-8/h2-5,8H2,1H3. The molecular weight excluding hydrogens is 143 g/mol. The lowest BCUT2D eigenvalue weighted by Crippen LogP contribution is -2.11. The number of carbonyl (C=O) groups is 2. The Morgan fingerprint density at radius 3 is 2.27 bits per heavy atom. The summed E-state index contributed by atoms with van der Waals surface area (Å²) in [6, 6.07) is 0. The van der Waals surface area contributed by atoms with Crippen molar-refractivity contribution in [1.82, 2.24) is 0 Å². The average Bonchev–Trinajstić information content (AvgIpc) is 1.87. The average molecular weight is 156 g/mol. The first-order chi connectivity index (χ1) is 5.20. The normalized spacial score (nSPS) is 9.18. The van der Waals surface area contributed by atoms with Crippen LogP contribution in [0.5, 0.6) is 0 Å². The molecule has 4 heteroatoms. The highest BCUT2D eigenvalue weighted by Gasteiger charge is 2.06. The van der Waals surface area contributed by atoms with Gasteiger partial charge in [0.05, 0.1) is 0 Å². The predicted molar refractivity (Wildman–Crippen MR) is 44.0 cm³/mol. The van der Waals surface area contributed by atoms with E-state index in [0.29, 0.717) is 12.8 Å². The van der Waals surface area contributed by atoms with E-state index in [1.807, 2.05) is 14.8 Å². The first kappa shape index (κ1) is 10.2. The molecule has 0 unspecified atom stereocenters. The van der Waals surface area contributed by atoms with Crippen LogP contribution in [-0.4, -0.2) is 19.8 Å². The molecule has 0 fully saturated rings. The highest BCUT2D eigenvalue weighted by Crippen LogP contribution is 1.95. The maximum Gasteiger partial charge on any atom is 0.313 e. The van der Waals surface area contributed by atoms with E-state index in [9.17, 15) is 9.59 Å². The van der Waals surface area contributed by atoms with Gasteiger partial charge in [-0.2, -0.15) is 0 Å². The van der Waals surface area contributed by atoms with E-state index in [1.165, 1.54) is 0 Å². The first-order valence-electron chi connectivity index (χ1n) is 3.94. The minimum absolute atomic E-state index is 0.329. The van der Waals surface area contributed by atoms with Crippen molar-refractivity contribution >= 4 is 19.8 Å². The molecule has 0 aliphatic rings. The number of ether oxygens (including phenoxy) is 1. The number of hydrogen-bond donors (Lipinski definition) is 0. The lowest BCUT2D eigenvalue weighted by atomic mass is 10.0. The fourth-order valence-electron chi connectivity index (χ4n) is 0.637. The minimum Gasteiger partial charge on any atom is -0.393 e. The number of rotatable bonds is 4. The zero-order valence-corrected chi connectivity index (χ0v) is 7.05. The van der Waals surface area contributed by atoms with Gasteiger partial charge in [0, 0.05) is 12.8 Å². The number of carbonyl (C=O) groups excluding carboxylic acids is 2. The van der Waals surface area contributed by atoms with Gasteiger partial charge in [0.25, 0.3) is 0 Å². The molecule has 0 aliphatic heterocycles. The highest BCUT2D eigenvalue weighted by molar-refractivity contribution is 6.09. The van der Waals surface area contributed by atoms with Crippen molar-refractivity contribution < 1.29 is 14.3 Å². The van der Waals surface area contributed by atoms with E-state index in [2.05, 4.69) is 4.74 Å². The zero-order chi connectivity index (χ0) is 8.69. The van der Waals surface area contributed by atoms with Crippen molar-refractivity contribution in [1.29, 1.82) is 0 Å². The van der Waals surface area contributed by atoms with Gasteiger partial charge in [-0.1, -0.05) is 13.2 Å². The van der Waals surface area contributed by atoms with Crippen LogP contribution in [-0.2, 0) is 14.3 Å². The Morgan fingerprint density at radius 2 is 1.82 bits per heavy atom. The molecule has 11 heavy (non-hydrogen) atoms. The molecule has 0 heterocycles. The molecule has 0 N–H and O–H groups in total. The van der Waals surface area contributed by atoms with Crippen LogP contribution < -0.4 is 0 Å². The fourth-order valence-corrected chi connectivity index (χ4v) is 0.637. The summed E-state index contributed by atoms with van der Waals surface area (Å²) < 4.78 is 4.45. The van der Waals surface area contributed by atoms with Crippen molar-refractivity contribution in [3.05, 3.63) is 0 Å². The van der Waals surface area contributed by atoms with Crippen molar-refractivity contribution in [3.63, 3.8) is 0 Å². The van der Waals surface area contributed by atoms with Crippen LogP contribution >= 0.6 is 0 Å². The Hall–Kier alpha value is -0.795. The smallest absolute Gasteiger partial charge is 0.313 e. The van der Waals surface area contributed by atoms with Crippen LogP contribution in [0.2, 0.25) is 6.32 Å². The number of esters is 2. The molecule has 0 saturated heterocycles. The third kappa shape index (κ3) is 5.64. The van der Waals surface area contributed by atoms with Crippen LogP contribution in [0.4, 0.5) is 0 Å². The molecule has 0 bridgehead atoms. The molecule has 0 atom stereocenters. The quantitative estimate of drug-likeness (QED) is 0.334. The summed E-state index contributed by atoms with van der Waals surface area (Å²) in [6.07, 6.45) is 2.10. The Labute approximate surface area is 67.5 Å². The van der Waals surface area contributed by atoms with Gasteiger partial charge in [-0.3, -0.25) is 9.59 Å². The second-order valence-electron chi connectivity index (χ2n) is 2.35.